The Morgan fingerprint density at radius 3 is 2.83 bits per heavy atom. The number of nitrogens with one attached hydrogen (secondary N) is 4. The lowest BCUT2D eigenvalue weighted by Gasteiger charge is -2.22. The zero-order valence-corrected chi connectivity index (χ0v) is 20.3. The van der Waals surface area contributed by atoms with Crippen LogP contribution < -0.4 is 16.2 Å². The van der Waals surface area contributed by atoms with Gasteiger partial charge < -0.3 is 20.6 Å². The van der Waals surface area contributed by atoms with Crippen LogP contribution in [-0.2, 0) is 27.5 Å². The summed E-state index contributed by atoms with van der Waals surface area (Å²) in [6.45, 7) is 0.304. The third kappa shape index (κ3) is 4.81. The van der Waals surface area contributed by atoms with Gasteiger partial charge in [0.1, 0.15) is 33.4 Å². The van der Waals surface area contributed by atoms with Gasteiger partial charge in [0.2, 0.25) is 11.5 Å². The molecule has 3 aromatic heterocycles. The van der Waals surface area contributed by atoms with Crippen LogP contribution >= 0.6 is 0 Å². The van der Waals surface area contributed by atoms with E-state index < -0.39 is 21.2 Å². The Morgan fingerprint density at radius 1 is 1.19 bits per heavy atom. The average molecular weight is 513 g/mol. The molecule has 3 heterocycles. The number of nitrogens with zero attached hydrogens (tertiary/aromatic N) is 2. The van der Waals surface area contributed by atoms with Crippen LogP contribution in [0, 0.1) is 11.7 Å². The SMILES string of the molecule is CS(=O)(=O)CCCNC(=O)[C@H]1CCc2[nH]c3ncnc(Nc4ccc(F)c5[nH]c(=O)ccc45)c3c2C1. The van der Waals surface area contributed by atoms with Gasteiger partial charge in [0, 0.05) is 41.6 Å². The van der Waals surface area contributed by atoms with Gasteiger partial charge in [-0.3, -0.25) is 9.59 Å². The maximum atomic E-state index is 14.3. The van der Waals surface area contributed by atoms with Crippen LogP contribution in [0.3, 0.4) is 0 Å². The summed E-state index contributed by atoms with van der Waals surface area (Å²) in [5.41, 5.74) is 2.82. The highest BCUT2D eigenvalue weighted by Gasteiger charge is 2.29. The Kier molecular flexibility index (Phi) is 6.20. The molecule has 12 heteroatoms. The van der Waals surface area contributed by atoms with E-state index in [0.717, 1.165) is 16.6 Å². The monoisotopic (exact) mass is 512 g/mol. The standard InChI is InChI=1S/C24H25FN6O4S/c1-36(34,35)10-2-9-26-24(33)13-3-6-18-15(11-13)20-22(27-12-28-23(20)30-18)29-17-7-5-16(25)21-14(17)4-8-19(32)31-21/h4-5,7-8,12-13H,2-3,6,9-11H2,1H3,(H,26,33)(H,31,32)(H2,27,28,29,30)/t13-/m0/s1. The molecule has 4 aromatic rings. The number of hydrogen-bond acceptors (Lipinski definition) is 7. The van der Waals surface area contributed by atoms with Crippen molar-refractivity contribution in [3.63, 3.8) is 0 Å². The van der Waals surface area contributed by atoms with Crippen LogP contribution in [0.15, 0.2) is 35.4 Å². The lowest BCUT2D eigenvalue weighted by molar-refractivity contribution is -0.125. The van der Waals surface area contributed by atoms with E-state index in [0.29, 0.717) is 54.8 Å². The molecule has 36 heavy (non-hydrogen) atoms. The molecule has 0 saturated carbocycles. The van der Waals surface area contributed by atoms with Crippen LogP contribution in [0.25, 0.3) is 21.9 Å². The van der Waals surface area contributed by atoms with Crippen LogP contribution in [-0.4, -0.2) is 52.8 Å². The molecule has 0 aliphatic heterocycles. The summed E-state index contributed by atoms with van der Waals surface area (Å²) in [5.74, 6) is -0.373. The topological polar surface area (TPSA) is 150 Å². The first-order valence-corrected chi connectivity index (χ1v) is 13.6. The molecule has 10 nitrogen and oxygen atoms in total. The van der Waals surface area contributed by atoms with Gasteiger partial charge in [0.05, 0.1) is 16.7 Å². The zero-order valence-electron chi connectivity index (χ0n) is 19.5. The predicted molar refractivity (Wildman–Crippen MR) is 135 cm³/mol. The van der Waals surface area contributed by atoms with Crippen LogP contribution in [0.4, 0.5) is 15.9 Å². The van der Waals surface area contributed by atoms with Crippen molar-refractivity contribution in [3.8, 4) is 0 Å². The molecule has 0 fully saturated rings. The number of benzene rings is 1. The molecular weight excluding hydrogens is 487 g/mol. The molecule has 0 unspecified atom stereocenters. The molecule has 1 aliphatic rings. The number of aromatic nitrogens is 4. The zero-order chi connectivity index (χ0) is 25.4. The number of carbonyl (C=O) groups excluding carboxylic acids is 1. The van der Waals surface area contributed by atoms with E-state index in [1.54, 1.807) is 12.1 Å². The normalized spacial score (nSPS) is 15.7. The van der Waals surface area contributed by atoms with Gasteiger partial charge in [-0.25, -0.2) is 22.8 Å². The summed E-state index contributed by atoms with van der Waals surface area (Å²) in [4.78, 5) is 39.1. The summed E-state index contributed by atoms with van der Waals surface area (Å²) in [6, 6.07) is 5.74. The van der Waals surface area contributed by atoms with Crippen molar-refractivity contribution in [1.82, 2.24) is 25.3 Å². The molecule has 5 rings (SSSR count). The molecule has 0 bridgehead atoms. The number of sulfone groups is 1. The van der Waals surface area contributed by atoms with Gasteiger partial charge in [0.15, 0.2) is 0 Å². The number of fused-ring (bicyclic) bond motifs is 4. The average Bonchev–Trinajstić information content (AvgIpc) is 3.22. The van der Waals surface area contributed by atoms with E-state index in [9.17, 15) is 22.4 Å². The lowest BCUT2D eigenvalue weighted by atomic mass is 9.86. The van der Waals surface area contributed by atoms with Crippen LogP contribution in [0.5, 0.6) is 0 Å². The summed E-state index contributed by atoms with van der Waals surface area (Å²) < 4.78 is 36.9. The van der Waals surface area contributed by atoms with E-state index in [-0.39, 0.29) is 23.1 Å². The largest absolute Gasteiger partial charge is 0.356 e. The Bertz CT molecular complexity index is 1650. The first-order chi connectivity index (χ1) is 17.2. The fourth-order valence-electron chi connectivity index (χ4n) is 4.70. The number of carbonyl (C=O) groups is 1. The number of hydrogen-bond donors (Lipinski definition) is 4. The maximum Gasteiger partial charge on any atom is 0.248 e. The van der Waals surface area contributed by atoms with Crippen molar-refractivity contribution in [3.05, 3.63) is 58.0 Å². The Morgan fingerprint density at radius 2 is 2.03 bits per heavy atom. The molecule has 0 radical (unpaired) electrons. The van der Waals surface area contributed by atoms with E-state index in [1.807, 2.05) is 0 Å². The van der Waals surface area contributed by atoms with Gasteiger partial charge in [-0.2, -0.15) is 0 Å². The Balaban J connectivity index is 1.42. The van der Waals surface area contributed by atoms with Gasteiger partial charge >= 0.3 is 0 Å². The first kappa shape index (κ1) is 23.9. The summed E-state index contributed by atoms with van der Waals surface area (Å²) in [5, 5.41) is 7.36. The second kappa shape index (κ2) is 9.34. The minimum atomic E-state index is -3.07. The van der Waals surface area contributed by atoms with Gasteiger partial charge in [-0.15, -0.1) is 0 Å². The summed E-state index contributed by atoms with van der Waals surface area (Å²) in [6.07, 6.45) is 4.76. The van der Waals surface area contributed by atoms with Crippen molar-refractivity contribution >= 4 is 49.2 Å². The predicted octanol–water partition coefficient (Wildman–Crippen LogP) is 2.34. The number of H-pyrrole nitrogens is 2. The lowest BCUT2D eigenvalue weighted by Crippen LogP contribution is -2.35. The third-order valence-electron chi connectivity index (χ3n) is 6.44. The maximum absolute atomic E-state index is 14.3. The van der Waals surface area contributed by atoms with Gasteiger partial charge in [-0.05, 0) is 49.4 Å². The van der Waals surface area contributed by atoms with Crippen molar-refractivity contribution in [2.75, 3.05) is 23.9 Å². The smallest absolute Gasteiger partial charge is 0.248 e. The van der Waals surface area contributed by atoms with E-state index in [1.165, 1.54) is 24.7 Å². The molecule has 1 atom stereocenters. The molecule has 0 spiro atoms. The number of pyridine rings is 1. The number of aromatic amines is 2. The Labute approximate surface area is 205 Å². The fraction of sp³-hybridized carbons (Fsp3) is 0.333. The van der Waals surface area contributed by atoms with Crippen molar-refractivity contribution in [2.45, 2.75) is 25.7 Å². The second-order valence-corrected chi connectivity index (χ2v) is 11.3. The van der Waals surface area contributed by atoms with E-state index in [4.69, 9.17) is 0 Å². The number of halogens is 1. The molecule has 4 N–H and O–H groups in total. The first-order valence-electron chi connectivity index (χ1n) is 11.6. The highest BCUT2D eigenvalue weighted by atomic mass is 32.2. The van der Waals surface area contributed by atoms with Crippen molar-refractivity contribution in [2.24, 2.45) is 5.92 Å². The van der Waals surface area contributed by atoms with Crippen LogP contribution in [0.2, 0.25) is 0 Å². The molecule has 1 amide bonds. The quantitative estimate of drug-likeness (QED) is 0.278. The highest BCUT2D eigenvalue weighted by Crippen LogP contribution is 2.36. The van der Waals surface area contributed by atoms with E-state index >= 15 is 0 Å². The number of rotatable bonds is 7. The minimum absolute atomic E-state index is 0.0306. The van der Waals surface area contributed by atoms with E-state index in [2.05, 4.69) is 30.6 Å². The van der Waals surface area contributed by atoms with Crippen LogP contribution in [0.1, 0.15) is 24.1 Å². The summed E-state index contributed by atoms with van der Waals surface area (Å²) >= 11 is 0. The highest BCUT2D eigenvalue weighted by molar-refractivity contribution is 7.90. The van der Waals surface area contributed by atoms with Crippen molar-refractivity contribution in [1.29, 1.82) is 0 Å². The van der Waals surface area contributed by atoms with Crippen molar-refractivity contribution < 1.29 is 17.6 Å². The molecule has 1 aromatic carbocycles. The molecule has 1 aliphatic carbocycles. The summed E-state index contributed by atoms with van der Waals surface area (Å²) in [7, 11) is -3.07. The minimum Gasteiger partial charge on any atom is -0.356 e. The van der Waals surface area contributed by atoms with Gasteiger partial charge in [0.25, 0.3) is 0 Å². The Hall–Kier alpha value is -3.80. The third-order valence-corrected chi connectivity index (χ3v) is 7.47. The number of anilines is 2. The fourth-order valence-corrected chi connectivity index (χ4v) is 5.37. The number of aryl methyl sites for hydroxylation is 1. The molecule has 188 valence electrons. The second-order valence-electron chi connectivity index (χ2n) is 9.07. The number of amides is 1. The molecular formula is C24H25FN6O4S. The molecule has 0 saturated heterocycles. The van der Waals surface area contributed by atoms with Gasteiger partial charge in [-0.1, -0.05) is 0 Å².